The summed E-state index contributed by atoms with van der Waals surface area (Å²) in [4.78, 5) is 0. The minimum atomic E-state index is -2.19. The van der Waals surface area contributed by atoms with Gasteiger partial charge >= 0.3 is 0 Å². The van der Waals surface area contributed by atoms with E-state index in [0.717, 1.165) is 0 Å². The molecule has 0 bridgehead atoms. The van der Waals surface area contributed by atoms with Crippen LogP contribution in [0.25, 0.3) is 5.83 Å². The maximum atomic E-state index is 15.6. The normalized spacial score (nSPS) is 9.93. The highest BCUT2D eigenvalue weighted by Gasteiger charge is 2.23. The molecule has 0 aliphatic carbocycles. The molecule has 0 atom stereocenters. The van der Waals surface area contributed by atoms with Gasteiger partial charge in [0.1, 0.15) is 5.57 Å². The number of hydrogen-bond donors (Lipinski definition) is 0. The van der Waals surface area contributed by atoms with Crippen LogP contribution in [-0.2, 0) is 0 Å². The Balaban J connectivity index is 2.28. The minimum Gasteiger partial charge on any atom is -0.493 e. The van der Waals surface area contributed by atoms with E-state index in [1.54, 1.807) is 0 Å². The summed E-state index contributed by atoms with van der Waals surface area (Å²) < 4.78 is 103. The summed E-state index contributed by atoms with van der Waals surface area (Å²) in [5, 5.41) is 0. The summed E-state index contributed by atoms with van der Waals surface area (Å²) in [6.07, 6.45) is 0. The first-order chi connectivity index (χ1) is 19.6. The van der Waals surface area contributed by atoms with Crippen LogP contribution in [0.4, 0.5) is 22.0 Å². The topological polar surface area (TPSA) is 55.4 Å². The predicted molar refractivity (Wildman–Crippen MR) is 140 cm³/mol. The first kappa shape index (κ1) is 30.5. The van der Waals surface area contributed by atoms with Crippen molar-refractivity contribution in [1.82, 2.24) is 0 Å². The highest BCUT2D eigenvalue weighted by atomic mass is 19.2. The highest BCUT2D eigenvalue weighted by molar-refractivity contribution is 5.74. The zero-order valence-electron chi connectivity index (χ0n) is 22.7. The first-order valence-corrected chi connectivity index (χ1v) is 11.5. The predicted octanol–water partition coefficient (Wildman–Crippen LogP) is 6.08. The molecule has 214 valence electrons. The van der Waals surface area contributed by atoms with E-state index in [9.17, 15) is 17.6 Å². The largest absolute Gasteiger partial charge is 0.493 e. The Morgan fingerprint density at radius 2 is 0.927 bits per heavy atom. The number of ether oxygens (including phenoxy) is 6. The van der Waals surface area contributed by atoms with Crippen LogP contribution in [0.2, 0.25) is 0 Å². The van der Waals surface area contributed by atoms with E-state index >= 15 is 4.39 Å². The summed E-state index contributed by atoms with van der Waals surface area (Å²) >= 11 is 0. The number of allylic oxidation sites excluding steroid dienone is 1. The molecule has 0 fully saturated rings. The molecule has 3 aromatic rings. The Labute approximate surface area is 233 Å². The molecule has 0 heterocycles. The van der Waals surface area contributed by atoms with Crippen LogP contribution in [0.5, 0.6) is 34.5 Å². The molecule has 0 unspecified atom stereocenters. The number of halogens is 5. The number of benzene rings is 3. The summed E-state index contributed by atoms with van der Waals surface area (Å²) in [7, 11) is 8.31. The molecule has 0 radical (unpaired) electrons. The van der Waals surface area contributed by atoms with Gasteiger partial charge in [-0.15, -0.1) is 0 Å². The van der Waals surface area contributed by atoms with Crippen LogP contribution in [0.1, 0.15) is 16.7 Å². The van der Waals surface area contributed by atoms with Crippen molar-refractivity contribution >= 4 is 5.83 Å². The molecule has 11 heteroatoms. The molecule has 0 amide bonds. The van der Waals surface area contributed by atoms with Gasteiger partial charge in [-0.05, 0) is 42.2 Å². The van der Waals surface area contributed by atoms with Crippen molar-refractivity contribution in [1.29, 1.82) is 0 Å². The van der Waals surface area contributed by atoms with E-state index in [2.05, 4.69) is 23.7 Å². The fraction of sp³-hybridized carbons (Fsp3) is 0.200. The van der Waals surface area contributed by atoms with E-state index < -0.39 is 40.2 Å². The van der Waals surface area contributed by atoms with Gasteiger partial charge in [-0.3, -0.25) is 0 Å². The van der Waals surface area contributed by atoms with Gasteiger partial charge in [0.25, 0.3) is 0 Å². The lowest BCUT2D eigenvalue weighted by Crippen LogP contribution is -2.01. The molecule has 0 saturated heterocycles. The summed E-state index contributed by atoms with van der Waals surface area (Å²) in [6, 6.07) is 5.98. The lowest BCUT2D eigenvalue weighted by atomic mass is 10.1. The van der Waals surface area contributed by atoms with Crippen molar-refractivity contribution in [3.63, 3.8) is 0 Å². The Morgan fingerprint density at radius 1 is 0.537 bits per heavy atom. The van der Waals surface area contributed by atoms with E-state index in [1.165, 1.54) is 66.9 Å². The molecule has 0 N–H and O–H groups in total. The van der Waals surface area contributed by atoms with Crippen molar-refractivity contribution in [2.45, 2.75) is 0 Å². The molecule has 0 aromatic heterocycles. The fourth-order valence-corrected chi connectivity index (χ4v) is 3.58. The molecule has 41 heavy (non-hydrogen) atoms. The summed E-state index contributed by atoms with van der Waals surface area (Å²) in [5.41, 5.74) is -1.43. The van der Waals surface area contributed by atoms with Crippen molar-refractivity contribution in [2.24, 2.45) is 0 Å². The number of hydrogen-bond acceptors (Lipinski definition) is 6. The van der Waals surface area contributed by atoms with E-state index in [4.69, 9.17) is 28.4 Å². The Hall–Kier alpha value is -5.03. The molecule has 6 nitrogen and oxygen atoms in total. The van der Waals surface area contributed by atoms with Crippen molar-refractivity contribution in [2.75, 3.05) is 42.7 Å². The third kappa shape index (κ3) is 6.42. The second-order valence-electron chi connectivity index (χ2n) is 7.86. The molecule has 3 rings (SSSR count). The van der Waals surface area contributed by atoms with Gasteiger partial charge in [-0.25, -0.2) is 22.0 Å². The smallest absolute Gasteiger partial charge is 0.203 e. The maximum absolute atomic E-state index is 15.6. The second-order valence-corrected chi connectivity index (χ2v) is 7.86. The quantitative estimate of drug-likeness (QED) is 0.148. The summed E-state index contributed by atoms with van der Waals surface area (Å²) in [6.45, 7) is 0. The van der Waals surface area contributed by atoms with Gasteiger partial charge in [-0.2, -0.15) is 0 Å². The third-order valence-electron chi connectivity index (χ3n) is 5.55. The van der Waals surface area contributed by atoms with Gasteiger partial charge in [0.2, 0.25) is 11.5 Å². The minimum absolute atomic E-state index is 0.172. The first-order valence-electron chi connectivity index (χ1n) is 11.5. The summed E-state index contributed by atoms with van der Waals surface area (Å²) in [5.74, 6) is 2.05. The van der Waals surface area contributed by atoms with Gasteiger partial charge in [-0.1, -0.05) is 11.8 Å². The molecular formula is C30H23F5O6. The lowest BCUT2D eigenvalue weighted by Gasteiger charge is -2.12. The SMILES string of the molecule is COc1cc(C#CC(C#Cc2cc(OC)c(OC)c(OC)c2)=C(F)c2cc(F)c(F)c(F)c2F)cc(OC)c1OC. The number of rotatable bonds is 7. The zero-order chi connectivity index (χ0) is 30.3. The maximum Gasteiger partial charge on any atom is 0.203 e. The van der Waals surface area contributed by atoms with Crippen LogP contribution in [0, 0.1) is 47.0 Å². The van der Waals surface area contributed by atoms with Crippen LogP contribution in [-0.4, -0.2) is 42.7 Å². The van der Waals surface area contributed by atoms with Gasteiger partial charge in [0, 0.05) is 11.1 Å². The second kappa shape index (κ2) is 13.4. The highest BCUT2D eigenvalue weighted by Crippen LogP contribution is 2.39. The van der Waals surface area contributed by atoms with Crippen LogP contribution >= 0.6 is 0 Å². The van der Waals surface area contributed by atoms with Crippen molar-refractivity contribution < 1.29 is 50.4 Å². The van der Waals surface area contributed by atoms with Crippen LogP contribution < -0.4 is 28.4 Å². The standard InChI is InChI=1S/C30H23F5O6/c1-36-21-11-16(12-22(37-2)29(21)40-5)7-9-18(25(32)19-15-20(31)27(34)28(35)26(19)33)10-8-17-13-23(38-3)30(41-6)24(14-17)39-4/h11-15H,1-6H3. The molecule has 0 aliphatic rings. The molecule has 0 aliphatic heterocycles. The lowest BCUT2D eigenvalue weighted by molar-refractivity contribution is 0.324. The molecule has 3 aromatic carbocycles. The average molecular weight is 574 g/mol. The van der Waals surface area contributed by atoms with Crippen molar-refractivity contribution in [3.05, 3.63) is 75.9 Å². The van der Waals surface area contributed by atoms with Crippen molar-refractivity contribution in [3.8, 4) is 58.2 Å². The van der Waals surface area contributed by atoms with Gasteiger partial charge < -0.3 is 28.4 Å². The average Bonchev–Trinajstić information content (AvgIpc) is 2.99. The number of methoxy groups -OCH3 is 6. The Bertz CT molecular complexity index is 1490. The third-order valence-corrected chi connectivity index (χ3v) is 5.55. The van der Waals surface area contributed by atoms with Crippen LogP contribution in [0.3, 0.4) is 0 Å². The Morgan fingerprint density at radius 3 is 1.27 bits per heavy atom. The Kier molecular flexibility index (Phi) is 9.94. The van der Waals surface area contributed by atoms with Gasteiger partial charge in [0.05, 0.1) is 48.2 Å². The van der Waals surface area contributed by atoms with E-state index in [0.29, 0.717) is 0 Å². The van der Waals surface area contributed by atoms with E-state index in [-0.39, 0.29) is 51.7 Å². The molecular weight excluding hydrogens is 551 g/mol. The monoisotopic (exact) mass is 574 g/mol. The zero-order valence-corrected chi connectivity index (χ0v) is 22.7. The van der Waals surface area contributed by atoms with Crippen LogP contribution in [0.15, 0.2) is 35.9 Å². The van der Waals surface area contributed by atoms with E-state index in [1.807, 2.05) is 0 Å². The molecule has 0 saturated carbocycles. The van der Waals surface area contributed by atoms with Gasteiger partial charge in [0.15, 0.2) is 52.1 Å². The molecule has 0 spiro atoms. The fourth-order valence-electron chi connectivity index (χ4n) is 3.58.